The molecule has 0 N–H and O–H groups in total. The SMILES string of the molecule is C=CCC/C=C/CCC1CCC(C2CCC(C3CCC(OCC)CC3)CC2)CC1. The maximum atomic E-state index is 5.86. The minimum atomic E-state index is 0.574. The Bertz CT molecular complexity index is 457. The Kier molecular flexibility index (Phi) is 10.3. The van der Waals surface area contributed by atoms with Crippen molar-refractivity contribution in [1.82, 2.24) is 0 Å². The van der Waals surface area contributed by atoms with Gasteiger partial charge in [0.25, 0.3) is 0 Å². The van der Waals surface area contributed by atoms with Crippen molar-refractivity contribution in [3.05, 3.63) is 24.8 Å². The summed E-state index contributed by atoms with van der Waals surface area (Å²) in [6.45, 7) is 6.84. The summed E-state index contributed by atoms with van der Waals surface area (Å²) in [7, 11) is 0. The molecule has 0 heterocycles. The highest BCUT2D eigenvalue weighted by Gasteiger charge is 2.34. The summed E-state index contributed by atoms with van der Waals surface area (Å²) >= 11 is 0. The molecule has 1 heteroatoms. The van der Waals surface area contributed by atoms with Gasteiger partial charge in [-0.25, -0.2) is 0 Å². The van der Waals surface area contributed by atoms with Crippen LogP contribution in [0, 0.1) is 29.6 Å². The van der Waals surface area contributed by atoms with Gasteiger partial charge in [-0.1, -0.05) is 31.1 Å². The topological polar surface area (TPSA) is 9.23 Å². The van der Waals surface area contributed by atoms with Gasteiger partial charge in [0.1, 0.15) is 0 Å². The number of allylic oxidation sites excluding steroid dienone is 3. The lowest BCUT2D eigenvalue weighted by molar-refractivity contribution is 0.0116. The van der Waals surface area contributed by atoms with Crippen LogP contribution in [0.5, 0.6) is 0 Å². The highest BCUT2D eigenvalue weighted by molar-refractivity contribution is 4.88. The third-order valence-corrected chi connectivity index (χ3v) is 8.61. The van der Waals surface area contributed by atoms with Crippen LogP contribution in [0.2, 0.25) is 0 Å². The largest absolute Gasteiger partial charge is 0.379 e. The van der Waals surface area contributed by atoms with E-state index in [2.05, 4.69) is 25.7 Å². The van der Waals surface area contributed by atoms with Crippen LogP contribution in [0.3, 0.4) is 0 Å². The normalized spacial score (nSPS) is 36.3. The predicted octanol–water partition coefficient (Wildman–Crippen LogP) is 8.50. The van der Waals surface area contributed by atoms with Crippen LogP contribution >= 0.6 is 0 Å². The summed E-state index contributed by atoms with van der Waals surface area (Å²) in [6.07, 6.45) is 30.1. The van der Waals surface area contributed by atoms with Crippen molar-refractivity contribution in [3.8, 4) is 0 Å². The number of ether oxygens (including phenoxy) is 1. The third-order valence-electron chi connectivity index (χ3n) is 8.61. The van der Waals surface area contributed by atoms with Gasteiger partial charge in [-0.3, -0.25) is 0 Å². The molecule has 3 aliphatic carbocycles. The van der Waals surface area contributed by atoms with E-state index < -0.39 is 0 Å². The summed E-state index contributed by atoms with van der Waals surface area (Å²) in [5.41, 5.74) is 0. The molecule has 3 saturated carbocycles. The van der Waals surface area contributed by atoms with E-state index in [1.165, 1.54) is 96.3 Å². The fourth-order valence-electron chi connectivity index (χ4n) is 6.78. The smallest absolute Gasteiger partial charge is 0.0575 e. The standard InChI is InChI=1S/C28H48O/c1-3-5-6-7-8-9-10-23-11-13-24(14-12-23)25-15-17-26(18-16-25)27-19-21-28(22-20-27)29-4-2/h3,7-8,23-28H,1,4-6,9-22H2,2H3/b8-7+. The van der Waals surface area contributed by atoms with Crippen molar-refractivity contribution >= 4 is 0 Å². The van der Waals surface area contributed by atoms with Crippen LogP contribution in [0.25, 0.3) is 0 Å². The number of hydrogen-bond acceptors (Lipinski definition) is 1. The molecule has 0 atom stereocenters. The Labute approximate surface area is 181 Å². The number of rotatable bonds is 10. The second-order valence-corrected chi connectivity index (χ2v) is 10.4. The molecule has 3 rings (SSSR count). The molecule has 0 saturated heterocycles. The van der Waals surface area contributed by atoms with Crippen molar-refractivity contribution in [1.29, 1.82) is 0 Å². The minimum Gasteiger partial charge on any atom is -0.379 e. The van der Waals surface area contributed by atoms with Gasteiger partial charge in [-0.05, 0) is 126 Å². The molecule has 29 heavy (non-hydrogen) atoms. The minimum absolute atomic E-state index is 0.574. The average molecular weight is 401 g/mol. The molecule has 0 aromatic rings. The fraction of sp³-hybridized carbons (Fsp3) is 0.857. The van der Waals surface area contributed by atoms with Crippen LogP contribution in [-0.4, -0.2) is 12.7 Å². The van der Waals surface area contributed by atoms with Crippen LogP contribution in [0.4, 0.5) is 0 Å². The zero-order valence-electron chi connectivity index (χ0n) is 19.3. The summed E-state index contributed by atoms with van der Waals surface area (Å²) in [6, 6.07) is 0. The van der Waals surface area contributed by atoms with Gasteiger partial charge in [-0.15, -0.1) is 6.58 Å². The molecule has 0 aromatic heterocycles. The van der Waals surface area contributed by atoms with Crippen LogP contribution in [-0.2, 0) is 4.74 Å². The Balaban J connectivity index is 1.28. The lowest BCUT2D eigenvalue weighted by Gasteiger charge is -2.41. The maximum absolute atomic E-state index is 5.86. The van der Waals surface area contributed by atoms with Gasteiger partial charge < -0.3 is 4.74 Å². The first-order valence-electron chi connectivity index (χ1n) is 13.2. The van der Waals surface area contributed by atoms with Crippen LogP contribution < -0.4 is 0 Å². The van der Waals surface area contributed by atoms with E-state index in [4.69, 9.17) is 4.74 Å². The Morgan fingerprint density at radius 1 is 0.655 bits per heavy atom. The molecule has 0 aliphatic heterocycles. The van der Waals surface area contributed by atoms with Gasteiger partial charge in [0.15, 0.2) is 0 Å². The number of unbranched alkanes of at least 4 members (excludes halogenated alkanes) is 1. The van der Waals surface area contributed by atoms with E-state index in [1.807, 2.05) is 6.08 Å². The third kappa shape index (κ3) is 7.57. The molecular formula is C28H48O. The summed E-state index contributed by atoms with van der Waals surface area (Å²) in [5, 5.41) is 0. The maximum Gasteiger partial charge on any atom is 0.0575 e. The molecule has 3 fully saturated rings. The molecular weight excluding hydrogens is 352 g/mol. The first kappa shape index (κ1) is 23.1. The molecule has 1 nitrogen and oxygen atoms in total. The first-order valence-corrected chi connectivity index (χ1v) is 13.2. The van der Waals surface area contributed by atoms with Crippen molar-refractivity contribution in [2.45, 2.75) is 116 Å². The van der Waals surface area contributed by atoms with E-state index >= 15 is 0 Å². The van der Waals surface area contributed by atoms with E-state index in [-0.39, 0.29) is 0 Å². The van der Waals surface area contributed by atoms with Crippen molar-refractivity contribution in [2.75, 3.05) is 6.61 Å². The molecule has 0 amide bonds. The first-order chi connectivity index (χ1) is 14.3. The van der Waals surface area contributed by atoms with E-state index in [1.54, 1.807) is 0 Å². The van der Waals surface area contributed by atoms with Crippen molar-refractivity contribution in [3.63, 3.8) is 0 Å². The van der Waals surface area contributed by atoms with E-state index in [0.717, 1.165) is 42.6 Å². The highest BCUT2D eigenvalue weighted by atomic mass is 16.5. The predicted molar refractivity (Wildman–Crippen MR) is 126 cm³/mol. The average Bonchev–Trinajstić information content (AvgIpc) is 2.78. The molecule has 0 bridgehead atoms. The molecule has 3 aliphatic rings. The highest BCUT2D eigenvalue weighted by Crippen LogP contribution is 2.45. The second kappa shape index (κ2) is 13.0. The van der Waals surface area contributed by atoms with Crippen molar-refractivity contribution in [2.24, 2.45) is 29.6 Å². The molecule has 166 valence electrons. The molecule has 0 aromatic carbocycles. The molecule has 0 unspecified atom stereocenters. The summed E-state index contributed by atoms with van der Waals surface area (Å²) < 4.78 is 5.86. The monoisotopic (exact) mass is 400 g/mol. The van der Waals surface area contributed by atoms with Gasteiger partial charge in [-0.2, -0.15) is 0 Å². The van der Waals surface area contributed by atoms with Gasteiger partial charge >= 0.3 is 0 Å². The van der Waals surface area contributed by atoms with Gasteiger partial charge in [0.05, 0.1) is 6.10 Å². The molecule has 0 radical (unpaired) electrons. The zero-order chi connectivity index (χ0) is 20.3. The zero-order valence-corrected chi connectivity index (χ0v) is 19.3. The lowest BCUT2D eigenvalue weighted by Crippen LogP contribution is -2.31. The lowest BCUT2D eigenvalue weighted by atomic mass is 9.65. The Hall–Kier alpha value is -0.560. The Morgan fingerprint density at radius 3 is 1.66 bits per heavy atom. The van der Waals surface area contributed by atoms with Crippen molar-refractivity contribution < 1.29 is 4.74 Å². The van der Waals surface area contributed by atoms with Gasteiger partial charge in [0.2, 0.25) is 0 Å². The fourth-order valence-corrected chi connectivity index (χ4v) is 6.78. The quantitative estimate of drug-likeness (QED) is 0.264. The number of hydrogen-bond donors (Lipinski definition) is 0. The van der Waals surface area contributed by atoms with Gasteiger partial charge in [0, 0.05) is 6.61 Å². The second-order valence-electron chi connectivity index (χ2n) is 10.4. The molecule has 0 spiro atoms. The Morgan fingerprint density at radius 2 is 1.14 bits per heavy atom. The van der Waals surface area contributed by atoms with E-state index in [0.29, 0.717) is 6.10 Å². The van der Waals surface area contributed by atoms with E-state index in [9.17, 15) is 0 Å². The van der Waals surface area contributed by atoms with Crippen LogP contribution in [0.1, 0.15) is 110 Å². The summed E-state index contributed by atoms with van der Waals surface area (Å²) in [4.78, 5) is 0. The summed E-state index contributed by atoms with van der Waals surface area (Å²) in [5.74, 6) is 5.18. The van der Waals surface area contributed by atoms with Crippen LogP contribution in [0.15, 0.2) is 24.8 Å².